The number of hydrogen-bond acceptors (Lipinski definition) is 4. The molecule has 0 aromatic heterocycles. The van der Waals surface area contributed by atoms with Gasteiger partial charge in [-0.3, -0.25) is 4.28 Å². The number of benzene rings is 1. The van der Waals surface area contributed by atoms with Crippen LogP contribution in [0, 0.1) is 0 Å². The molecular weight excluding hydrogens is 294 g/mol. The molecular formula is C10H10BrNO3S. The van der Waals surface area contributed by atoms with Crippen LogP contribution in [0.2, 0.25) is 0 Å². The zero-order valence-corrected chi connectivity index (χ0v) is 11.0. The highest BCUT2D eigenvalue weighted by Gasteiger charge is 2.19. The van der Waals surface area contributed by atoms with E-state index in [1.54, 1.807) is 0 Å². The molecule has 86 valence electrons. The molecule has 6 heteroatoms. The van der Waals surface area contributed by atoms with E-state index < -0.39 is 10.1 Å². The van der Waals surface area contributed by atoms with E-state index >= 15 is 0 Å². The van der Waals surface area contributed by atoms with Gasteiger partial charge in [-0.25, -0.2) is 0 Å². The average Bonchev–Trinajstić information content (AvgIpc) is 2.56. The van der Waals surface area contributed by atoms with Gasteiger partial charge in [-0.05, 0) is 30.5 Å². The van der Waals surface area contributed by atoms with Crippen molar-refractivity contribution in [3.05, 3.63) is 33.8 Å². The molecule has 16 heavy (non-hydrogen) atoms. The normalized spacial score (nSPS) is 17.5. The molecule has 4 nitrogen and oxygen atoms in total. The van der Waals surface area contributed by atoms with Crippen LogP contribution >= 0.6 is 15.9 Å². The molecule has 0 unspecified atom stereocenters. The molecule has 0 amide bonds. The van der Waals surface area contributed by atoms with Crippen molar-refractivity contribution in [3.8, 4) is 0 Å². The van der Waals surface area contributed by atoms with Crippen LogP contribution in [-0.4, -0.2) is 20.4 Å². The fraction of sp³-hybridized carbons (Fsp3) is 0.300. The van der Waals surface area contributed by atoms with Crippen molar-refractivity contribution < 1.29 is 12.7 Å². The Kier molecular flexibility index (Phi) is 3.03. The van der Waals surface area contributed by atoms with Crippen LogP contribution < -0.4 is 0 Å². The van der Waals surface area contributed by atoms with Crippen LogP contribution in [0.1, 0.15) is 17.5 Å². The third-order valence-corrected chi connectivity index (χ3v) is 3.13. The summed E-state index contributed by atoms with van der Waals surface area (Å²) in [7, 11) is -3.52. The smallest absolute Gasteiger partial charge is 0.268 e. The number of fused-ring (bicyclic) bond motifs is 1. The van der Waals surface area contributed by atoms with Gasteiger partial charge in [-0.1, -0.05) is 27.2 Å². The average molecular weight is 304 g/mol. The zero-order chi connectivity index (χ0) is 11.8. The molecule has 1 aliphatic rings. The summed E-state index contributed by atoms with van der Waals surface area (Å²) in [6, 6.07) is 5.83. The minimum atomic E-state index is -3.52. The second-order valence-electron chi connectivity index (χ2n) is 3.62. The molecule has 1 aromatic rings. The summed E-state index contributed by atoms with van der Waals surface area (Å²) in [4.78, 5) is 0. The molecule has 0 aliphatic heterocycles. The first kappa shape index (κ1) is 11.6. The van der Waals surface area contributed by atoms with Gasteiger partial charge in [-0.15, -0.1) is 0 Å². The first-order chi connectivity index (χ1) is 7.46. The largest absolute Gasteiger partial charge is 0.325 e. The van der Waals surface area contributed by atoms with Crippen molar-refractivity contribution in [2.45, 2.75) is 12.8 Å². The molecule has 0 atom stereocenters. The predicted octanol–water partition coefficient (Wildman–Crippen LogP) is 2.08. The van der Waals surface area contributed by atoms with Crippen LogP contribution in [0.25, 0.3) is 0 Å². The van der Waals surface area contributed by atoms with Crippen LogP contribution in [0.5, 0.6) is 0 Å². The number of halogens is 1. The van der Waals surface area contributed by atoms with Crippen LogP contribution in [0.3, 0.4) is 0 Å². The van der Waals surface area contributed by atoms with Gasteiger partial charge >= 0.3 is 10.1 Å². The predicted molar refractivity (Wildman–Crippen MR) is 64.9 cm³/mol. The Morgan fingerprint density at radius 3 is 2.81 bits per heavy atom. The van der Waals surface area contributed by atoms with Gasteiger partial charge < -0.3 is 0 Å². The topological polar surface area (TPSA) is 55.7 Å². The zero-order valence-electron chi connectivity index (χ0n) is 8.60. The number of rotatable bonds is 2. The highest BCUT2D eigenvalue weighted by atomic mass is 79.9. The number of aryl methyl sites for hydroxylation is 1. The molecule has 0 spiro atoms. The molecule has 0 fully saturated rings. The van der Waals surface area contributed by atoms with E-state index in [0.717, 1.165) is 28.3 Å². The van der Waals surface area contributed by atoms with Gasteiger partial charge in [0.1, 0.15) is 0 Å². The lowest BCUT2D eigenvalue weighted by Crippen LogP contribution is -2.02. The van der Waals surface area contributed by atoms with Crippen molar-refractivity contribution in [2.24, 2.45) is 5.16 Å². The van der Waals surface area contributed by atoms with Crippen molar-refractivity contribution in [1.29, 1.82) is 0 Å². The van der Waals surface area contributed by atoms with Crippen molar-refractivity contribution in [3.63, 3.8) is 0 Å². The molecule has 0 radical (unpaired) electrons. The first-order valence-electron chi connectivity index (χ1n) is 4.70. The van der Waals surface area contributed by atoms with E-state index in [2.05, 4.69) is 25.4 Å². The monoisotopic (exact) mass is 303 g/mol. The summed E-state index contributed by atoms with van der Waals surface area (Å²) < 4.78 is 27.1. The van der Waals surface area contributed by atoms with E-state index in [-0.39, 0.29) is 0 Å². The van der Waals surface area contributed by atoms with Crippen LogP contribution in [0.4, 0.5) is 0 Å². The molecule has 0 bridgehead atoms. The quantitative estimate of drug-likeness (QED) is 0.786. The Hall–Kier alpha value is -0.880. The van der Waals surface area contributed by atoms with Gasteiger partial charge in [0.25, 0.3) is 0 Å². The van der Waals surface area contributed by atoms with E-state index in [4.69, 9.17) is 0 Å². The standard InChI is InChI=1S/C10H10BrNO3S/c1-16(13,14)15-12-10-5-2-7-6-8(11)3-4-9(7)10/h3-4,6H,2,5H2,1H3. The van der Waals surface area contributed by atoms with Gasteiger partial charge in [-0.2, -0.15) is 8.42 Å². The highest BCUT2D eigenvalue weighted by Crippen LogP contribution is 2.26. The van der Waals surface area contributed by atoms with Crippen molar-refractivity contribution in [2.75, 3.05) is 6.26 Å². The van der Waals surface area contributed by atoms with Gasteiger partial charge in [0.2, 0.25) is 0 Å². The Balaban J connectivity index is 2.30. The Morgan fingerprint density at radius 2 is 2.12 bits per heavy atom. The number of nitrogens with zero attached hydrogens (tertiary/aromatic N) is 1. The second kappa shape index (κ2) is 4.18. The summed E-state index contributed by atoms with van der Waals surface area (Å²) in [5.74, 6) is 0. The summed E-state index contributed by atoms with van der Waals surface area (Å²) in [6.07, 6.45) is 2.55. The van der Waals surface area contributed by atoms with E-state index in [1.807, 2.05) is 18.2 Å². The van der Waals surface area contributed by atoms with Gasteiger partial charge in [0.15, 0.2) is 0 Å². The van der Waals surface area contributed by atoms with Crippen molar-refractivity contribution in [1.82, 2.24) is 0 Å². The van der Waals surface area contributed by atoms with E-state index in [1.165, 1.54) is 0 Å². The number of hydrogen-bond donors (Lipinski definition) is 0. The Bertz CT molecular complexity index is 551. The van der Waals surface area contributed by atoms with Crippen LogP contribution in [-0.2, 0) is 20.8 Å². The maximum Gasteiger partial charge on any atom is 0.325 e. The van der Waals surface area contributed by atoms with E-state index in [0.29, 0.717) is 12.1 Å². The third-order valence-electron chi connectivity index (χ3n) is 2.29. The summed E-state index contributed by atoms with van der Waals surface area (Å²) >= 11 is 3.39. The summed E-state index contributed by atoms with van der Waals surface area (Å²) in [5, 5.41) is 3.68. The Morgan fingerprint density at radius 1 is 1.38 bits per heavy atom. The van der Waals surface area contributed by atoms with E-state index in [9.17, 15) is 8.42 Å². The molecule has 0 saturated carbocycles. The lowest BCUT2D eigenvalue weighted by Gasteiger charge is -2.00. The fourth-order valence-electron chi connectivity index (χ4n) is 1.65. The van der Waals surface area contributed by atoms with Gasteiger partial charge in [0, 0.05) is 10.0 Å². The number of oxime groups is 1. The SMILES string of the molecule is CS(=O)(=O)ON=C1CCc2cc(Br)ccc21. The molecule has 0 saturated heterocycles. The molecule has 0 heterocycles. The molecule has 1 aliphatic carbocycles. The van der Waals surface area contributed by atoms with Gasteiger partial charge in [0.05, 0.1) is 12.0 Å². The maximum atomic E-state index is 10.8. The fourth-order valence-corrected chi connectivity index (χ4v) is 2.28. The second-order valence-corrected chi connectivity index (χ2v) is 6.09. The Labute approximate surface area is 103 Å². The third kappa shape index (κ3) is 2.62. The molecule has 2 rings (SSSR count). The summed E-state index contributed by atoms with van der Waals surface area (Å²) in [6.45, 7) is 0. The lowest BCUT2D eigenvalue weighted by molar-refractivity contribution is 0.342. The summed E-state index contributed by atoms with van der Waals surface area (Å²) in [5.41, 5.74) is 2.81. The minimum absolute atomic E-state index is 0.688. The molecule has 0 N–H and O–H groups in total. The van der Waals surface area contributed by atoms with Crippen molar-refractivity contribution >= 4 is 31.8 Å². The minimum Gasteiger partial charge on any atom is -0.268 e. The molecule has 1 aromatic carbocycles. The highest BCUT2D eigenvalue weighted by molar-refractivity contribution is 9.10. The lowest BCUT2D eigenvalue weighted by atomic mass is 10.1. The maximum absolute atomic E-state index is 10.8. The van der Waals surface area contributed by atoms with Crippen LogP contribution in [0.15, 0.2) is 27.8 Å². The first-order valence-corrected chi connectivity index (χ1v) is 7.31.